The monoisotopic (exact) mass is 1410 g/mol. The lowest BCUT2D eigenvalue weighted by Crippen LogP contribution is -2.54. The van der Waals surface area contributed by atoms with Gasteiger partial charge in [-0.15, -0.1) is 0 Å². The summed E-state index contributed by atoms with van der Waals surface area (Å²) in [6.45, 7) is 6.26. The number of para-hydroxylation sites is 2. The molecule has 0 radical (unpaired) electrons. The van der Waals surface area contributed by atoms with Crippen molar-refractivity contribution < 1.29 is 106 Å². The number of nitrogen functional groups attached to an aromatic ring is 1. The number of amides is 4. The van der Waals surface area contributed by atoms with Crippen LogP contribution in [0.1, 0.15) is 75.2 Å². The van der Waals surface area contributed by atoms with Gasteiger partial charge >= 0.3 is 5.97 Å². The van der Waals surface area contributed by atoms with E-state index in [2.05, 4.69) is 0 Å². The Hall–Kier alpha value is -7.50. The van der Waals surface area contributed by atoms with Crippen LogP contribution in [0.3, 0.4) is 0 Å². The molecule has 526 valence electrons. The largest absolute Gasteiger partial charge is 0.481 e. The summed E-state index contributed by atoms with van der Waals surface area (Å²) < 4.78 is 139. The van der Waals surface area contributed by atoms with Crippen LogP contribution in [0.15, 0.2) is 107 Å². The second-order valence-corrected chi connectivity index (χ2v) is 28.1. The molecule has 4 amide bonds. The molecule has 3 heterocycles. The number of hydrogen-bond acceptors (Lipinski definition) is 21. The number of ketones is 1. The van der Waals surface area contributed by atoms with Crippen LogP contribution in [0.2, 0.25) is 0 Å². The van der Waals surface area contributed by atoms with Gasteiger partial charge in [0.15, 0.2) is 6.54 Å². The van der Waals surface area contributed by atoms with Gasteiger partial charge in [-0.1, -0.05) is 54.1 Å². The van der Waals surface area contributed by atoms with Crippen molar-refractivity contribution in [2.45, 2.75) is 61.8 Å². The van der Waals surface area contributed by atoms with Gasteiger partial charge in [-0.05, 0) is 56.2 Å². The van der Waals surface area contributed by atoms with Crippen LogP contribution < -0.4 is 10.3 Å². The van der Waals surface area contributed by atoms with E-state index in [1.54, 1.807) is 60.7 Å². The van der Waals surface area contributed by atoms with E-state index < -0.39 is 71.2 Å². The fourth-order valence-corrected chi connectivity index (χ4v) is 14.7. The Kier molecular flexibility index (Phi) is 28.2. The standard InChI is InChI=1S/C66H82N6O22S3/c1-48-18-20-50(21-19-48)96(82,83)72(24-7-10-49(73)11-8-29-87-31-33-89-35-37-91-39-41-93-43-44-94-42-40-92-38-36-90-34-32-88-30-22-60(75)76)66(79)62-51-12-2-4-16-56(51)70(57-17-5-3-13-52(57)62)23-9-45-95(80,81)69-27-25-68(26-28-69)59(74)47-71-64(77)54-15-6-14-53-61(54)55(65(71)78)46-58(63(53)67)97(84,85)86/h2-6,12-21,46H,7-11,22-45,47H2,1H3,(H3-,67,75,76,77,78,84,85,86)/p+1. The van der Waals surface area contributed by atoms with Crippen molar-refractivity contribution in [3.8, 4) is 0 Å². The molecular weight excluding hydrogens is 1320 g/mol. The maximum atomic E-state index is 15.2. The van der Waals surface area contributed by atoms with Gasteiger partial charge in [0.2, 0.25) is 27.0 Å². The Bertz CT molecular complexity index is 4040. The van der Waals surface area contributed by atoms with Crippen LogP contribution >= 0.6 is 0 Å². The van der Waals surface area contributed by atoms with E-state index in [0.717, 1.165) is 15.9 Å². The molecule has 0 atom stereocenters. The number of fused-ring (bicyclic) bond motifs is 2. The first-order valence-electron chi connectivity index (χ1n) is 31.9. The van der Waals surface area contributed by atoms with Crippen molar-refractivity contribution in [3.05, 3.63) is 119 Å². The molecule has 0 bridgehead atoms. The molecule has 6 aromatic rings. The van der Waals surface area contributed by atoms with Gasteiger partial charge in [-0.25, -0.2) is 21.1 Å². The van der Waals surface area contributed by atoms with E-state index in [1.165, 1.54) is 39.5 Å². The number of aromatic nitrogens is 1. The van der Waals surface area contributed by atoms with Crippen molar-refractivity contribution in [2.24, 2.45) is 0 Å². The van der Waals surface area contributed by atoms with Crippen molar-refractivity contribution >= 4 is 104 Å². The third-order valence-electron chi connectivity index (χ3n) is 16.1. The van der Waals surface area contributed by atoms with E-state index in [9.17, 15) is 53.8 Å². The number of carbonyl (C=O) groups is 6. The van der Waals surface area contributed by atoms with Crippen molar-refractivity contribution in [3.63, 3.8) is 0 Å². The summed E-state index contributed by atoms with van der Waals surface area (Å²) >= 11 is 0. The number of ether oxygens (including phenoxy) is 8. The normalized spacial score (nSPS) is 13.9. The van der Waals surface area contributed by atoms with Gasteiger partial charge in [-0.2, -0.15) is 17.3 Å². The highest BCUT2D eigenvalue weighted by atomic mass is 32.2. The molecule has 1 fully saturated rings. The Morgan fingerprint density at radius 2 is 1.05 bits per heavy atom. The summed E-state index contributed by atoms with van der Waals surface area (Å²) in [5.74, 6) is -4.62. The number of aliphatic carboxylic acids is 1. The number of sulfonamides is 2. The summed E-state index contributed by atoms with van der Waals surface area (Å²) in [6, 6.07) is 25.1. The lowest BCUT2D eigenvalue weighted by atomic mass is 9.93. The van der Waals surface area contributed by atoms with Crippen LogP contribution in [-0.2, 0) is 89.0 Å². The van der Waals surface area contributed by atoms with E-state index in [1.807, 2.05) is 11.5 Å². The Morgan fingerprint density at radius 3 is 1.58 bits per heavy atom. The molecule has 0 aliphatic carbocycles. The molecule has 5 aromatic carbocycles. The number of aryl methyl sites for hydroxylation is 2. The Labute approximate surface area is 563 Å². The molecule has 1 aromatic heterocycles. The summed E-state index contributed by atoms with van der Waals surface area (Å²) in [5, 5.41) is 9.53. The zero-order valence-electron chi connectivity index (χ0n) is 54.0. The van der Waals surface area contributed by atoms with Gasteiger partial charge in [0.1, 0.15) is 17.2 Å². The molecular formula is C66H83N6O22S3+. The molecule has 8 rings (SSSR count). The van der Waals surface area contributed by atoms with Gasteiger partial charge in [-0.3, -0.25) is 38.2 Å². The molecule has 4 N–H and O–H groups in total. The summed E-state index contributed by atoms with van der Waals surface area (Å²) in [6.07, 6.45) is 0.683. The topological polar surface area (TPSA) is 362 Å². The summed E-state index contributed by atoms with van der Waals surface area (Å²) in [7, 11) is -13.3. The summed E-state index contributed by atoms with van der Waals surface area (Å²) in [5.41, 5.74) is 7.40. The fraction of sp³-hybridized carbons (Fsp3) is 0.470. The molecule has 31 heteroatoms. The molecule has 0 spiro atoms. The number of Topliss-reactive ketones (excluding diaryl/α,β-unsaturated/α-hetero) is 1. The number of hydrogen-bond donors (Lipinski definition) is 3. The number of rotatable bonds is 43. The Balaban J connectivity index is 0.768. The number of anilines is 1. The lowest BCUT2D eigenvalue weighted by Gasteiger charge is -2.35. The zero-order chi connectivity index (χ0) is 69.5. The smallest absolute Gasteiger partial charge is 0.305 e. The highest BCUT2D eigenvalue weighted by molar-refractivity contribution is 7.89. The van der Waals surface area contributed by atoms with Gasteiger partial charge < -0.3 is 53.6 Å². The zero-order valence-corrected chi connectivity index (χ0v) is 56.5. The van der Waals surface area contributed by atoms with Gasteiger partial charge in [0, 0.05) is 87.1 Å². The second kappa shape index (κ2) is 36.4. The predicted octanol–water partition coefficient (Wildman–Crippen LogP) is 4.30. The molecule has 28 nitrogen and oxygen atoms in total. The highest BCUT2D eigenvalue weighted by Crippen LogP contribution is 2.38. The summed E-state index contributed by atoms with van der Waals surface area (Å²) in [4.78, 5) is 81.2. The number of piperazine rings is 1. The van der Waals surface area contributed by atoms with E-state index in [-0.39, 0.29) is 128 Å². The van der Waals surface area contributed by atoms with Crippen LogP contribution in [-0.4, -0.2) is 239 Å². The third kappa shape index (κ3) is 20.6. The average molecular weight is 1410 g/mol. The first-order valence-corrected chi connectivity index (χ1v) is 36.4. The van der Waals surface area contributed by atoms with Crippen LogP contribution in [0.25, 0.3) is 32.6 Å². The van der Waals surface area contributed by atoms with Crippen molar-refractivity contribution in [2.75, 3.05) is 156 Å². The Morgan fingerprint density at radius 1 is 0.567 bits per heavy atom. The first kappa shape index (κ1) is 75.3. The molecule has 0 saturated carbocycles. The number of carboxylic acids is 1. The van der Waals surface area contributed by atoms with Crippen molar-refractivity contribution in [1.29, 1.82) is 0 Å². The number of carboxylic acid groups (broad SMARTS) is 1. The molecule has 2 aliphatic heterocycles. The van der Waals surface area contributed by atoms with Crippen LogP contribution in [0.5, 0.6) is 0 Å². The van der Waals surface area contributed by atoms with Crippen LogP contribution in [0, 0.1) is 6.92 Å². The highest BCUT2D eigenvalue weighted by Gasteiger charge is 2.39. The number of benzene rings is 5. The second-order valence-electron chi connectivity index (χ2n) is 22.7. The molecule has 2 aliphatic rings. The number of carbonyl (C=O) groups excluding carboxylic acids is 5. The predicted molar refractivity (Wildman–Crippen MR) is 353 cm³/mol. The fourth-order valence-electron chi connectivity index (χ4n) is 11.1. The number of nitrogens with zero attached hydrogens (tertiary/aromatic N) is 5. The maximum absolute atomic E-state index is 15.2. The molecule has 97 heavy (non-hydrogen) atoms. The maximum Gasteiger partial charge on any atom is 0.305 e. The minimum atomic E-state index is -4.89. The van der Waals surface area contributed by atoms with Crippen molar-refractivity contribution in [1.82, 2.24) is 18.4 Å². The average Bonchev–Trinajstić information content (AvgIpc) is 0.740. The SMILES string of the molecule is Cc1ccc(S(=O)(=O)N(CCCC(=O)CCCOCCOCCOCCOCCOCCOCCOCCOCCC(=O)O)C(=O)c2c3ccccc3[n+](CCCS(=O)(=O)N3CCN(C(=O)CN4C(=O)c5cccc6c(N)c(S(=O)(=O)O)cc(c56)C4=O)CC3)c3ccccc23)cc1. The van der Waals surface area contributed by atoms with Crippen LogP contribution in [0.4, 0.5) is 5.69 Å². The number of nitrogens with two attached hydrogens (primary N) is 1. The lowest BCUT2D eigenvalue weighted by molar-refractivity contribution is -0.645. The van der Waals surface area contributed by atoms with Gasteiger partial charge in [0.25, 0.3) is 37.9 Å². The first-order chi connectivity index (χ1) is 46.6. The van der Waals surface area contributed by atoms with Gasteiger partial charge in [0.05, 0.1) is 144 Å². The van der Waals surface area contributed by atoms with E-state index in [0.29, 0.717) is 132 Å². The van der Waals surface area contributed by atoms with E-state index in [4.69, 9.17) is 48.7 Å². The molecule has 0 unspecified atom stereocenters. The minimum Gasteiger partial charge on any atom is -0.481 e. The van der Waals surface area contributed by atoms with E-state index >= 15 is 4.79 Å². The number of pyridine rings is 1. The molecule has 1 saturated heterocycles. The number of imide groups is 1. The third-order valence-corrected chi connectivity index (χ3v) is 20.7. The minimum absolute atomic E-state index is 0.00562. The quantitative estimate of drug-likeness (QED) is 0.0120.